The number of nitrogen functional groups attached to an aromatic ring is 1. The lowest BCUT2D eigenvalue weighted by atomic mass is 10.2. The van der Waals surface area contributed by atoms with Crippen LogP contribution in [-0.4, -0.2) is 12.0 Å². The van der Waals surface area contributed by atoms with Crippen LogP contribution in [0.3, 0.4) is 0 Å². The van der Waals surface area contributed by atoms with E-state index >= 15 is 0 Å². The molecule has 2 aromatic carbocycles. The molecule has 0 spiro atoms. The molecule has 0 amide bonds. The van der Waals surface area contributed by atoms with Gasteiger partial charge in [0.1, 0.15) is 5.75 Å². The van der Waals surface area contributed by atoms with Gasteiger partial charge in [0.05, 0.1) is 12.0 Å². The van der Waals surface area contributed by atoms with E-state index in [-0.39, 0.29) is 10.6 Å². The van der Waals surface area contributed by atoms with Crippen LogP contribution in [0.2, 0.25) is 0 Å². The average molecular weight is 290 g/mol. The van der Waals surface area contributed by atoms with Gasteiger partial charge in [-0.25, -0.2) is 0 Å². The van der Waals surface area contributed by atoms with Crippen molar-refractivity contribution in [3.63, 3.8) is 0 Å². The van der Waals surface area contributed by atoms with Gasteiger partial charge in [-0.1, -0.05) is 18.2 Å². The number of para-hydroxylation sites is 1. The molecule has 0 radical (unpaired) electrons. The largest absolute Gasteiger partial charge is 0.497 e. The van der Waals surface area contributed by atoms with Gasteiger partial charge in [-0.05, 0) is 18.2 Å². The van der Waals surface area contributed by atoms with E-state index in [0.717, 1.165) is 4.90 Å². The Kier molecular flexibility index (Phi) is 4.47. The van der Waals surface area contributed by atoms with Gasteiger partial charge >= 0.3 is 0 Å². The van der Waals surface area contributed by atoms with Crippen molar-refractivity contribution in [2.45, 2.75) is 10.6 Å². The van der Waals surface area contributed by atoms with Crippen LogP contribution in [0.25, 0.3) is 0 Å². The van der Waals surface area contributed by atoms with Crippen LogP contribution in [0, 0.1) is 10.1 Å². The molecule has 2 rings (SSSR count). The molecule has 0 heterocycles. The molecule has 5 nitrogen and oxygen atoms in total. The Morgan fingerprint density at radius 1 is 1.30 bits per heavy atom. The molecular weight excluding hydrogens is 276 g/mol. The third-order valence-electron chi connectivity index (χ3n) is 2.79. The Morgan fingerprint density at radius 2 is 2.05 bits per heavy atom. The highest BCUT2D eigenvalue weighted by atomic mass is 32.2. The van der Waals surface area contributed by atoms with E-state index in [0.29, 0.717) is 22.8 Å². The molecule has 0 aliphatic rings. The third kappa shape index (κ3) is 3.21. The maximum Gasteiger partial charge on any atom is 0.273 e. The second kappa shape index (κ2) is 6.29. The van der Waals surface area contributed by atoms with E-state index in [2.05, 4.69) is 0 Å². The van der Waals surface area contributed by atoms with Gasteiger partial charge in [0.15, 0.2) is 0 Å². The molecule has 20 heavy (non-hydrogen) atoms. The zero-order valence-corrected chi connectivity index (χ0v) is 11.7. The number of methoxy groups -OCH3 is 1. The summed E-state index contributed by atoms with van der Waals surface area (Å²) in [5, 5.41) is 11.0. The molecule has 2 aromatic rings. The van der Waals surface area contributed by atoms with Gasteiger partial charge in [-0.3, -0.25) is 10.1 Å². The molecule has 0 aromatic heterocycles. The number of rotatable bonds is 5. The van der Waals surface area contributed by atoms with Crippen LogP contribution in [0.4, 0.5) is 11.4 Å². The highest BCUT2D eigenvalue weighted by Crippen LogP contribution is 2.33. The van der Waals surface area contributed by atoms with E-state index in [1.807, 2.05) is 6.07 Å². The number of anilines is 1. The summed E-state index contributed by atoms with van der Waals surface area (Å²) < 4.78 is 5.15. The van der Waals surface area contributed by atoms with Gasteiger partial charge in [0, 0.05) is 28.0 Å². The number of nitro groups is 1. The van der Waals surface area contributed by atoms with E-state index < -0.39 is 0 Å². The maximum atomic E-state index is 11.0. The summed E-state index contributed by atoms with van der Waals surface area (Å²) in [6.45, 7) is 0. The molecule has 104 valence electrons. The first-order chi connectivity index (χ1) is 9.61. The minimum atomic E-state index is -0.370. The maximum absolute atomic E-state index is 11.0. The molecular formula is C14H14N2O3S. The third-order valence-corrected chi connectivity index (χ3v) is 3.91. The molecule has 0 aliphatic carbocycles. The van der Waals surface area contributed by atoms with E-state index in [1.165, 1.54) is 17.8 Å². The van der Waals surface area contributed by atoms with E-state index in [4.69, 9.17) is 10.5 Å². The van der Waals surface area contributed by atoms with Crippen molar-refractivity contribution in [3.05, 3.63) is 58.1 Å². The number of ether oxygens (including phenoxy) is 1. The number of nitrogens with two attached hydrogens (primary N) is 1. The number of nitrogens with zero attached hydrogens (tertiary/aromatic N) is 1. The lowest BCUT2D eigenvalue weighted by Crippen LogP contribution is -1.95. The van der Waals surface area contributed by atoms with Gasteiger partial charge in [-0.15, -0.1) is 11.8 Å². The fraction of sp³-hybridized carbons (Fsp3) is 0.143. The Morgan fingerprint density at radius 3 is 2.75 bits per heavy atom. The second-order valence-corrected chi connectivity index (χ2v) is 5.10. The number of thioether (sulfide) groups is 1. The summed E-state index contributed by atoms with van der Waals surface area (Å²) in [6.07, 6.45) is 0. The zero-order chi connectivity index (χ0) is 14.5. The minimum Gasteiger partial charge on any atom is -0.497 e. The van der Waals surface area contributed by atoms with Crippen molar-refractivity contribution in [2.24, 2.45) is 0 Å². The second-order valence-electron chi connectivity index (χ2n) is 4.08. The quantitative estimate of drug-likeness (QED) is 0.395. The fourth-order valence-corrected chi connectivity index (χ4v) is 2.72. The normalized spacial score (nSPS) is 10.2. The number of hydrogen-bond acceptors (Lipinski definition) is 5. The number of benzene rings is 2. The van der Waals surface area contributed by atoms with Crippen LogP contribution >= 0.6 is 11.8 Å². The average Bonchev–Trinajstić information content (AvgIpc) is 2.46. The lowest BCUT2D eigenvalue weighted by molar-refractivity contribution is -0.385. The first-order valence-corrected chi connectivity index (χ1v) is 6.89. The summed E-state index contributed by atoms with van der Waals surface area (Å²) in [4.78, 5) is 11.4. The van der Waals surface area contributed by atoms with Crippen LogP contribution in [-0.2, 0) is 5.75 Å². The van der Waals surface area contributed by atoms with Gasteiger partial charge < -0.3 is 10.5 Å². The molecule has 6 heteroatoms. The van der Waals surface area contributed by atoms with Crippen molar-refractivity contribution in [2.75, 3.05) is 12.8 Å². The molecule has 0 atom stereocenters. The summed E-state index contributed by atoms with van der Waals surface area (Å²) in [7, 11) is 1.59. The van der Waals surface area contributed by atoms with E-state index in [9.17, 15) is 10.1 Å². The predicted molar refractivity (Wildman–Crippen MR) is 80.1 cm³/mol. The van der Waals surface area contributed by atoms with Crippen molar-refractivity contribution < 1.29 is 9.66 Å². The molecule has 0 saturated heterocycles. The summed E-state index contributed by atoms with van der Waals surface area (Å²) in [6, 6.07) is 12.1. The molecule has 0 aliphatic heterocycles. The van der Waals surface area contributed by atoms with Crippen LogP contribution in [0.15, 0.2) is 47.4 Å². The SMILES string of the molecule is COc1ccc(N)c(SCc2ccccc2[N+](=O)[O-])c1. The minimum absolute atomic E-state index is 0.126. The smallest absolute Gasteiger partial charge is 0.273 e. The molecule has 0 unspecified atom stereocenters. The standard InChI is InChI=1S/C14H14N2O3S/c1-19-11-6-7-12(15)14(8-11)20-9-10-4-2-3-5-13(10)16(17)18/h2-8H,9,15H2,1H3. The number of nitro benzene ring substituents is 1. The highest BCUT2D eigenvalue weighted by molar-refractivity contribution is 7.98. The van der Waals surface area contributed by atoms with Crippen LogP contribution < -0.4 is 10.5 Å². The Balaban J connectivity index is 2.19. The highest BCUT2D eigenvalue weighted by Gasteiger charge is 2.13. The summed E-state index contributed by atoms with van der Waals surface area (Å²) >= 11 is 1.45. The van der Waals surface area contributed by atoms with Crippen molar-refractivity contribution in [1.82, 2.24) is 0 Å². The van der Waals surface area contributed by atoms with Crippen molar-refractivity contribution >= 4 is 23.1 Å². The predicted octanol–water partition coefficient (Wildman–Crippen LogP) is 3.48. The van der Waals surface area contributed by atoms with Gasteiger partial charge in [0.25, 0.3) is 5.69 Å². The lowest BCUT2D eigenvalue weighted by Gasteiger charge is -2.08. The molecule has 0 bridgehead atoms. The fourth-order valence-electron chi connectivity index (χ4n) is 1.73. The monoisotopic (exact) mass is 290 g/mol. The molecule has 0 fully saturated rings. The Bertz CT molecular complexity index is 632. The topological polar surface area (TPSA) is 78.4 Å². The molecule has 0 saturated carbocycles. The Hall–Kier alpha value is -2.21. The van der Waals surface area contributed by atoms with Crippen LogP contribution in [0.5, 0.6) is 5.75 Å². The van der Waals surface area contributed by atoms with Crippen molar-refractivity contribution in [1.29, 1.82) is 0 Å². The first kappa shape index (κ1) is 14.2. The van der Waals surface area contributed by atoms with Gasteiger partial charge in [0.2, 0.25) is 0 Å². The Labute approximate surface area is 120 Å². The molecule has 2 N–H and O–H groups in total. The first-order valence-electron chi connectivity index (χ1n) is 5.90. The van der Waals surface area contributed by atoms with Crippen LogP contribution in [0.1, 0.15) is 5.56 Å². The van der Waals surface area contributed by atoms with Gasteiger partial charge in [-0.2, -0.15) is 0 Å². The van der Waals surface area contributed by atoms with Crippen molar-refractivity contribution in [3.8, 4) is 5.75 Å². The summed E-state index contributed by atoms with van der Waals surface area (Å²) in [5.74, 6) is 1.19. The number of hydrogen-bond donors (Lipinski definition) is 1. The van der Waals surface area contributed by atoms with E-state index in [1.54, 1.807) is 37.4 Å². The summed E-state index contributed by atoms with van der Waals surface area (Å²) in [5.41, 5.74) is 7.33. The zero-order valence-electron chi connectivity index (χ0n) is 10.9.